The van der Waals surface area contributed by atoms with Gasteiger partial charge in [0, 0.05) is 0 Å². The second kappa shape index (κ2) is 3.39. The maximum absolute atomic E-state index is 10.7. The van der Waals surface area contributed by atoms with E-state index in [2.05, 4.69) is 0 Å². The fourth-order valence-corrected chi connectivity index (χ4v) is 0.926. The molecule has 1 N–H and O–H groups in total. The van der Waals surface area contributed by atoms with Crippen LogP contribution in [0.15, 0.2) is 24.3 Å². The summed E-state index contributed by atoms with van der Waals surface area (Å²) in [4.78, 5) is 0. The lowest BCUT2D eigenvalue weighted by Crippen LogP contribution is -1.93. The normalized spacial score (nSPS) is 12.9. The van der Waals surface area contributed by atoms with Gasteiger partial charge in [0.25, 0.3) is 0 Å². The largest absolute Gasteiger partial charge is 0.388 e. The van der Waals surface area contributed by atoms with Crippen LogP contribution in [-0.2, 0) is 5.11 Å². The molecule has 1 unspecified atom stereocenters. The molecule has 0 heterocycles. The van der Waals surface area contributed by atoms with E-state index in [-0.39, 0.29) is 5.75 Å². The van der Waals surface area contributed by atoms with Crippen molar-refractivity contribution in [1.29, 1.82) is 0 Å². The van der Waals surface area contributed by atoms with Crippen molar-refractivity contribution in [2.24, 2.45) is 0 Å². The molecular weight excluding hydrogens is 140 g/mol. The third kappa shape index (κ3) is 1.95. The van der Waals surface area contributed by atoms with Crippen LogP contribution < -0.4 is 0 Å². The molecule has 0 bridgehead atoms. The van der Waals surface area contributed by atoms with Crippen LogP contribution >= 0.6 is 0 Å². The Hall–Kier alpha value is -1.02. The first-order valence-electron chi connectivity index (χ1n) is 3.69. The van der Waals surface area contributed by atoms with Crippen molar-refractivity contribution in [2.45, 2.75) is 19.4 Å². The van der Waals surface area contributed by atoms with Crippen molar-refractivity contribution in [3.8, 4) is 5.75 Å². The Balaban J connectivity index is 2.81. The molecule has 0 spiro atoms. The highest BCUT2D eigenvalue weighted by Gasteiger charge is 2.03. The van der Waals surface area contributed by atoms with Gasteiger partial charge in [-0.1, -0.05) is 19.1 Å². The van der Waals surface area contributed by atoms with E-state index in [1.165, 1.54) is 12.1 Å². The first-order valence-corrected chi connectivity index (χ1v) is 3.69. The van der Waals surface area contributed by atoms with E-state index in [1.54, 1.807) is 12.1 Å². The van der Waals surface area contributed by atoms with E-state index in [9.17, 15) is 10.2 Å². The Morgan fingerprint density at radius 2 is 1.91 bits per heavy atom. The summed E-state index contributed by atoms with van der Waals surface area (Å²) in [7, 11) is 0. The molecule has 0 aromatic heterocycles. The van der Waals surface area contributed by atoms with Crippen LogP contribution in [0.5, 0.6) is 5.75 Å². The second-order valence-corrected chi connectivity index (χ2v) is 2.49. The molecular formula is C9H11O2. The zero-order valence-corrected chi connectivity index (χ0v) is 6.45. The third-order valence-corrected chi connectivity index (χ3v) is 1.65. The SMILES string of the molecule is CCC(O)c1ccc([O])cc1. The van der Waals surface area contributed by atoms with Crippen molar-refractivity contribution in [2.75, 3.05) is 0 Å². The average Bonchev–Trinajstić information content (AvgIpc) is 2.05. The van der Waals surface area contributed by atoms with Crippen molar-refractivity contribution >= 4 is 0 Å². The van der Waals surface area contributed by atoms with Crippen LogP contribution in [-0.4, -0.2) is 5.11 Å². The molecule has 1 atom stereocenters. The van der Waals surface area contributed by atoms with Gasteiger partial charge in [0.2, 0.25) is 0 Å². The smallest absolute Gasteiger partial charge is 0.178 e. The fraction of sp³-hybridized carbons (Fsp3) is 0.333. The van der Waals surface area contributed by atoms with Gasteiger partial charge in [0.05, 0.1) is 6.10 Å². The molecule has 59 valence electrons. The molecule has 11 heavy (non-hydrogen) atoms. The van der Waals surface area contributed by atoms with Gasteiger partial charge in [-0.2, -0.15) is 0 Å². The molecule has 2 nitrogen and oxygen atoms in total. The van der Waals surface area contributed by atoms with Crippen molar-refractivity contribution in [3.05, 3.63) is 29.8 Å². The van der Waals surface area contributed by atoms with Crippen LogP contribution in [0.1, 0.15) is 25.0 Å². The van der Waals surface area contributed by atoms with E-state index in [0.29, 0.717) is 6.42 Å². The summed E-state index contributed by atoms with van der Waals surface area (Å²) >= 11 is 0. The lowest BCUT2D eigenvalue weighted by atomic mass is 10.1. The summed E-state index contributed by atoms with van der Waals surface area (Å²) in [5.41, 5.74) is 0.812. The average molecular weight is 151 g/mol. The monoisotopic (exact) mass is 151 g/mol. The summed E-state index contributed by atoms with van der Waals surface area (Å²) in [6.45, 7) is 1.90. The Morgan fingerprint density at radius 1 is 1.36 bits per heavy atom. The molecule has 0 saturated carbocycles. The zero-order valence-electron chi connectivity index (χ0n) is 6.45. The first-order chi connectivity index (χ1) is 5.24. The second-order valence-electron chi connectivity index (χ2n) is 2.49. The van der Waals surface area contributed by atoms with Gasteiger partial charge >= 0.3 is 0 Å². The predicted molar refractivity (Wildman–Crippen MR) is 41.8 cm³/mol. The molecule has 1 aromatic carbocycles. The Kier molecular flexibility index (Phi) is 2.49. The molecule has 1 rings (SSSR count). The summed E-state index contributed by atoms with van der Waals surface area (Å²) in [5.74, 6) is -0.0166. The Labute approximate surface area is 66.1 Å². The summed E-state index contributed by atoms with van der Waals surface area (Å²) in [6, 6.07) is 6.26. The van der Waals surface area contributed by atoms with E-state index >= 15 is 0 Å². The number of benzene rings is 1. The van der Waals surface area contributed by atoms with Gasteiger partial charge in [-0.15, -0.1) is 0 Å². The van der Waals surface area contributed by atoms with Gasteiger partial charge in [-0.25, -0.2) is 0 Å². The van der Waals surface area contributed by atoms with E-state index in [0.717, 1.165) is 5.56 Å². The maximum Gasteiger partial charge on any atom is 0.178 e. The maximum atomic E-state index is 10.7. The van der Waals surface area contributed by atoms with Crippen molar-refractivity contribution < 1.29 is 10.2 Å². The van der Waals surface area contributed by atoms with Crippen LogP contribution in [0.25, 0.3) is 0 Å². The van der Waals surface area contributed by atoms with Crippen molar-refractivity contribution in [3.63, 3.8) is 0 Å². The molecule has 0 aliphatic rings. The molecule has 0 amide bonds. The highest BCUT2D eigenvalue weighted by Crippen LogP contribution is 2.18. The standard InChI is InChI=1S/C9H11O2/c1-2-9(11)7-3-5-8(10)6-4-7/h3-6,9,11H,2H2,1H3. The summed E-state index contributed by atoms with van der Waals surface area (Å²) in [6.07, 6.45) is 0.244. The summed E-state index contributed by atoms with van der Waals surface area (Å²) < 4.78 is 0. The molecule has 2 heteroatoms. The van der Waals surface area contributed by atoms with E-state index in [4.69, 9.17) is 0 Å². The number of aliphatic hydroxyl groups is 1. The molecule has 0 fully saturated rings. The van der Waals surface area contributed by atoms with Gasteiger partial charge in [0.15, 0.2) is 5.75 Å². The minimum Gasteiger partial charge on any atom is -0.388 e. The van der Waals surface area contributed by atoms with Gasteiger partial charge < -0.3 is 5.11 Å². The lowest BCUT2D eigenvalue weighted by Gasteiger charge is -2.06. The minimum atomic E-state index is -0.435. The molecule has 0 aliphatic carbocycles. The van der Waals surface area contributed by atoms with Crippen LogP contribution in [0.2, 0.25) is 0 Å². The highest BCUT2D eigenvalue weighted by molar-refractivity contribution is 5.26. The highest BCUT2D eigenvalue weighted by atomic mass is 16.3. The molecule has 0 aliphatic heterocycles. The van der Waals surface area contributed by atoms with Crippen LogP contribution in [0.4, 0.5) is 0 Å². The topological polar surface area (TPSA) is 40.1 Å². The Bertz CT molecular complexity index is 216. The third-order valence-electron chi connectivity index (χ3n) is 1.65. The van der Waals surface area contributed by atoms with Crippen molar-refractivity contribution in [1.82, 2.24) is 0 Å². The molecule has 1 radical (unpaired) electrons. The van der Waals surface area contributed by atoms with E-state index < -0.39 is 6.10 Å². The zero-order chi connectivity index (χ0) is 8.27. The molecule has 0 saturated heterocycles. The van der Waals surface area contributed by atoms with Crippen LogP contribution in [0, 0.1) is 0 Å². The van der Waals surface area contributed by atoms with Gasteiger partial charge in [-0.05, 0) is 24.1 Å². The lowest BCUT2D eigenvalue weighted by molar-refractivity contribution is 0.173. The number of hydrogen-bond acceptors (Lipinski definition) is 1. The number of hydrogen-bond donors (Lipinski definition) is 1. The first kappa shape index (κ1) is 8.08. The minimum absolute atomic E-state index is 0.0166. The molecule has 1 aromatic rings. The van der Waals surface area contributed by atoms with E-state index in [1.807, 2.05) is 6.92 Å². The predicted octanol–water partition coefficient (Wildman–Crippen LogP) is 2.27. The van der Waals surface area contributed by atoms with Crippen LogP contribution in [0.3, 0.4) is 0 Å². The Morgan fingerprint density at radius 3 is 2.36 bits per heavy atom. The number of rotatable bonds is 2. The van der Waals surface area contributed by atoms with Gasteiger partial charge in [-0.3, -0.25) is 5.11 Å². The number of aliphatic hydroxyl groups excluding tert-OH is 1. The quantitative estimate of drug-likeness (QED) is 0.692. The summed E-state index contributed by atoms with van der Waals surface area (Å²) in [5, 5.41) is 20.0. The van der Waals surface area contributed by atoms with Gasteiger partial charge in [0.1, 0.15) is 0 Å². The fourth-order valence-electron chi connectivity index (χ4n) is 0.926.